The van der Waals surface area contributed by atoms with Crippen LogP contribution in [0, 0.1) is 0 Å². The molecule has 0 aliphatic carbocycles. The Morgan fingerprint density at radius 2 is 2.25 bits per heavy atom. The topological polar surface area (TPSA) is 26.3 Å². The molecular weight excluding hydrogens is 220 g/mol. The Bertz CT molecular complexity index is 387. The van der Waals surface area contributed by atoms with Crippen molar-refractivity contribution in [2.75, 3.05) is 12.4 Å². The molecular formula is C13H16O2S. The molecule has 1 aromatic carbocycles. The lowest BCUT2D eigenvalue weighted by atomic mass is 9.97. The summed E-state index contributed by atoms with van der Waals surface area (Å²) < 4.78 is 5.37. The van der Waals surface area contributed by atoms with Gasteiger partial charge in [0.25, 0.3) is 0 Å². The number of ether oxygens (including phenoxy) is 1. The Hall–Kier alpha value is -0.800. The zero-order valence-corrected chi connectivity index (χ0v) is 10.4. The fourth-order valence-corrected chi connectivity index (χ4v) is 3.04. The lowest BCUT2D eigenvalue weighted by molar-refractivity contribution is -0.125. The van der Waals surface area contributed by atoms with Crippen LogP contribution in [0.5, 0.6) is 0 Å². The van der Waals surface area contributed by atoms with Gasteiger partial charge in [-0.2, -0.15) is 0 Å². The molecule has 0 spiro atoms. The predicted octanol–water partition coefficient (Wildman–Crippen LogP) is 2.87. The van der Waals surface area contributed by atoms with E-state index in [9.17, 15) is 4.79 Å². The molecule has 1 heterocycles. The molecule has 1 atom stereocenters. The highest BCUT2D eigenvalue weighted by Gasteiger charge is 2.28. The quantitative estimate of drug-likeness (QED) is 0.804. The zero-order chi connectivity index (χ0) is 11.5. The molecule has 1 aromatic rings. The van der Waals surface area contributed by atoms with Crippen molar-refractivity contribution in [1.29, 1.82) is 0 Å². The largest absolute Gasteiger partial charge is 0.371 e. The van der Waals surface area contributed by atoms with Gasteiger partial charge in [0.2, 0.25) is 0 Å². The van der Waals surface area contributed by atoms with Crippen molar-refractivity contribution in [3.8, 4) is 0 Å². The number of benzene rings is 1. The summed E-state index contributed by atoms with van der Waals surface area (Å²) in [5.41, 5.74) is 1.17. The second-order valence-corrected chi connectivity index (χ2v) is 5.29. The lowest BCUT2D eigenvalue weighted by Crippen LogP contribution is -2.20. The van der Waals surface area contributed by atoms with Crippen LogP contribution in [0.3, 0.4) is 0 Å². The lowest BCUT2D eigenvalue weighted by Gasteiger charge is -2.11. The highest BCUT2D eigenvalue weighted by molar-refractivity contribution is 7.99. The van der Waals surface area contributed by atoms with Crippen LogP contribution in [-0.4, -0.2) is 24.2 Å². The minimum Gasteiger partial charge on any atom is -0.371 e. The van der Waals surface area contributed by atoms with Gasteiger partial charge in [-0.3, -0.25) is 4.79 Å². The van der Waals surface area contributed by atoms with E-state index in [1.54, 1.807) is 11.8 Å². The second kappa shape index (κ2) is 5.02. The van der Waals surface area contributed by atoms with Gasteiger partial charge in [-0.1, -0.05) is 18.2 Å². The third-order valence-corrected chi connectivity index (χ3v) is 3.83. The fourth-order valence-electron chi connectivity index (χ4n) is 1.78. The maximum Gasteiger partial charge on any atom is 0.166 e. The molecule has 0 amide bonds. The van der Waals surface area contributed by atoms with E-state index >= 15 is 0 Å². The maximum absolute atomic E-state index is 12.0. The maximum atomic E-state index is 12.0. The number of carbonyl (C=O) groups excluding carboxylic acids is 1. The molecule has 2 nitrogen and oxygen atoms in total. The molecule has 0 N–H and O–H groups in total. The Labute approximate surface area is 100 Å². The summed E-state index contributed by atoms with van der Waals surface area (Å²) in [5.74, 6) is 1.09. The number of thioether (sulfide) groups is 1. The first-order valence-corrected chi connectivity index (χ1v) is 6.53. The van der Waals surface area contributed by atoms with Crippen LogP contribution in [0.4, 0.5) is 0 Å². The molecule has 1 aliphatic rings. The molecule has 0 aromatic heterocycles. The summed E-state index contributed by atoms with van der Waals surface area (Å²) in [6, 6.07) is 8.14. The molecule has 1 aliphatic heterocycles. The van der Waals surface area contributed by atoms with E-state index < -0.39 is 0 Å². The predicted molar refractivity (Wildman–Crippen MR) is 66.0 cm³/mol. The molecule has 3 heteroatoms. The number of ketones is 1. The minimum atomic E-state index is 0.0277. The van der Waals surface area contributed by atoms with E-state index in [1.807, 2.05) is 32.0 Å². The van der Waals surface area contributed by atoms with E-state index in [2.05, 4.69) is 6.07 Å². The fraction of sp³-hybridized carbons (Fsp3) is 0.462. The van der Waals surface area contributed by atoms with Gasteiger partial charge in [-0.05, 0) is 25.5 Å². The van der Waals surface area contributed by atoms with E-state index in [-0.39, 0.29) is 24.4 Å². The van der Waals surface area contributed by atoms with Gasteiger partial charge in [-0.15, -0.1) is 11.8 Å². The number of carbonyl (C=O) groups is 1. The van der Waals surface area contributed by atoms with Gasteiger partial charge in [-0.25, -0.2) is 0 Å². The Morgan fingerprint density at radius 3 is 3.00 bits per heavy atom. The Balaban J connectivity index is 2.04. The normalized spacial score (nSPS) is 18.8. The standard InChI is InChI=1S/C13H16O2S/c1-9(2)15-7-12(14)11-8-16-13-6-4-3-5-10(11)13/h3-6,9,11H,7-8H2,1-2H3. The number of hydrogen-bond donors (Lipinski definition) is 0. The van der Waals surface area contributed by atoms with E-state index in [1.165, 1.54) is 10.5 Å². The average Bonchev–Trinajstić information content (AvgIpc) is 2.69. The van der Waals surface area contributed by atoms with Crippen LogP contribution in [0.1, 0.15) is 25.3 Å². The van der Waals surface area contributed by atoms with Crippen LogP contribution in [0.2, 0.25) is 0 Å². The third kappa shape index (κ3) is 2.47. The molecule has 0 fully saturated rings. The number of rotatable bonds is 4. The number of hydrogen-bond acceptors (Lipinski definition) is 3. The molecule has 0 bridgehead atoms. The molecule has 1 unspecified atom stereocenters. The zero-order valence-electron chi connectivity index (χ0n) is 9.60. The molecule has 0 radical (unpaired) electrons. The van der Waals surface area contributed by atoms with Crippen molar-refractivity contribution in [2.45, 2.75) is 30.8 Å². The van der Waals surface area contributed by atoms with Crippen LogP contribution < -0.4 is 0 Å². The minimum absolute atomic E-state index is 0.0277. The van der Waals surface area contributed by atoms with Gasteiger partial charge in [0.05, 0.1) is 12.0 Å². The van der Waals surface area contributed by atoms with Crippen LogP contribution in [0.15, 0.2) is 29.2 Å². The van der Waals surface area contributed by atoms with Crippen molar-refractivity contribution < 1.29 is 9.53 Å². The first-order valence-electron chi connectivity index (χ1n) is 5.54. The van der Waals surface area contributed by atoms with Crippen molar-refractivity contribution in [2.24, 2.45) is 0 Å². The van der Waals surface area contributed by atoms with Crippen molar-refractivity contribution >= 4 is 17.5 Å². The third-order valence-electron chi connectivity index (χ3n) is 2.65. The van der Waals surface area contributed by atoms with Crippen LogP contribution >= 0.6 is 11.8 Å². The summed E-state index contributed by atoms with van der Waals surface area (Å²) in [5, 5.41) is 0. The summed E-state index contributed by atoms with van der Waals surface area (Å²) in [6.07, 6.45) is 0.119. The summed E-state index contributed by atoms with van der Waals surface area (Å²) >= 11 is 1.76. The average molecular weight is 236 g/mol. The number of Topliss-reactive ketones (excluding diaryl/α,β-unsaturated/α-hetero) is 1. The highest BCUT2D eigenvalue weighted by atomic mass is 32.2. The van der Waals surface area contributed by atoms with E-state index in [0.29, 0.717) is 0 Å². The van der Waals surface area contributed by atoms with Crippen molar-refractivity contribution in [3.63, 3.8) is 0 Å². The molecule has 86 valence electrons. The van der Waals surface area contributed by atoms with Crippen molar-refractivity contribution in [3.05, 3.63) is 29.8 Å². The van der Waals surface area contributed by atoms with Gasteiger partial charge >= 0.3 is 0 Å². The summed E-state index contributed by atoms with van der Waals surface area (Å²) in [4.78, 5) is 13.2. The summed E-state index contributed by atoms with van der Waals surface area (Å²) in [7, 11) is 0. The van der Waals surface area contributed by atoms with Gasteiger partial charge in [0, 0.05) is 10.6 Å². The van der Waals surface area contributed by atoms with Crippen LogP contribution in [0.25, 0.3) is 0 Å². The smallest absolute Gasteiger partial charge is 0.166 e. The van der Waals surface area contributed by atoms with E-state index in [0.717, 1.165) is 5.75 Å². The van der Waals surface area contributed by atoms with Crippen LogP contribution in [-0.2, 0) is 9.53 Å². The first kappa shape index (κ1) is 11.7. The van der Waals surface area contributed by atoms with Gasteiger partial charge in [0.1, 0.15) is 6.61 Å². The van der Waals surface area contributed by atoms with E-state index in [4.69, 9.17) is 4.74 Å². The SMILES string of the molecule is CC(C)OCC(=O)C1CSc2ccccc21. The van der Waals surface area contributed by atoms with Crippen molar-refractivity contribution in [1.82, 2.24) is 0 Å². The molecule has 2 rings (SSSR count). The number of fused-ring (bicyclic) bond motifs is 1. The Morgan fingerprint density at radius 1 is 1.50 bits per heavy atom. The first-order chi connectivity index (χ1) is 7.68. The van der Waals surface area contributed by atoms with Gasteiger partial charge in [0.15, 0.2) is 5.78 Å². The molecule has 0 saturated carbocycles. The molecule has 0 saturated heterocycles. The Kier molecular flexibility index (Phi) is 3.66. The van der Waals surface area contributed by atoms with Gasteiger partial charge < -0.3 is 4.74 Å². The highest BCUT2D eigenvalue weighted by Crippen LogP contribution is 2.39. The molecule has 16 heavy (non-hydrogen) atoms. The second-order valence-electron chi connectivity index (χ2n) is 4.23. The monoisotopic (exact) mass is 236 g/mol. The summed E-state index contributed by atoms with van der Waals surface area (Å²) in [6.45, 7) is 4.13.